The normalized spacial score (nSPS) is 23.6. The molecule has 1 aromatic carbocycles. The van der Waals surface area contributed by atoms with Gasteiger partial charge in [0.1, 0.15) is 0 Å². The van der Waals surface area contributed by atoms with Crippen molar-refractivity contribution in [3.63, 3.8) is 0 Å². The average molecular weight is 299 g/mol. The molecule has 94 valence electrons. The number of halogens is 1. The predicted molar refractivity (Wildman–Crippen MR) is 72.9 cm³/mol. The lowest BCUT2D eigenvalue weighted by Gasteiger charge is -2.37. The second-order valence-corrected chi connectivity index (χ2v) is 5.30. The maximum Gasteiger partial charge on any atom is 0.0674 e. The molecule has 0 amide bonds. The highest BCUT2D eigenvalue weighted by Gasteiger charge is 2.25. The predicted octanol–water partition coefficient (Wildman–Crippen LogP) is 2.17. The van der Waals surface area contributed by atoms with E-state index in [9.17, 15) is 0 Å². The summed E-state index contributed by atoms with van der Waals surface area (Å²) in [7, 11) is 0. The van der Waals surface area contributed by atoms with E-state index in [1.54, 1.807) is 0 Å². The average Bonchev–Trinajstić information content (AvgIpc) is 2.33. The number of ether oxygens (including phenoxy) is 1. The van der Waals surface area contributed by atoms with Gasteiger partial charge in [-0.1, -0.05) is 34.1 Å². The van der Waals surface area contributed by atoms with E-state index in [4.69, 9.17) is 10.5 Å². The number of morpholine rings is 1. The SMILES string of the molecule is CC1CN(C(CN)c2ccccc2Br)CCO1. The van der Waals surface area contributed by atoms with E-state index in [-0.39, 0.29) is 6.04 Å². The fraction of sp³-hybridized carbons (Fsp3) is 0.538. The summed E-state index contributed by atoms with van der Waals surface area (Å²) >= 11 is 3.61. The first-order valence-electron chi connectivity index (χ1n) is 6.02. The van der Waals surface area contributed by atoms with E-state index >= 15 is 0 Å². The third-order valence-electron chi connectivity index (χ3n) is 3.20. The molecule has 0 aromatic heterocycles. The number of hydrogen-bond donors (Lipinski definition) is 1. The molecule has 17 heavy (non-hydrogen) atoms. The van der Waals surface area contributed by atoms with Crippen LogP contribution in [0.3, 0.4) is 0 Å². The summed E-state index contributed by atoms with van der Waals surface area (Å²) in [5.74, 6) is 0. The lowest BCUT2D eigenvalue weighted by atomic mass is 10.0. The Balaban J connectivity index is 2.18. The van der Waals surface area contributed by atoms with Gasteiger partial charge in [-0.15, -0.1) is 0 Å². The van der Waals surface area contributed by atoms with Crippen molar-refractivity contribution in [1.29, 1.82) is 0 Å². The van der Waals surface area contributed by atoms with E-state index in [0.29, 0.717) is 12.6 Å². The molecule has 1 aliphatic rings. The molecule has 1 aliphatic heterocycles. The van der Waals surface area contributed by atoms with Gasteiger partial charge in [-0.2, -0.15) is 0 Å². The van der Waals surface area contributed by atoms with Gasteiger partial charge in [0.15, 0.2) is 0 Å². The van der Waals surface area contributed by atoms with Crippen molar-refractivity contribution in [3.05, 3.63) is 34.3 Å². The lowest BCUT2D eigenvalue weighted by Crippen LogP contribution is -2.45. The Morgan fingerprint density at radius 1 is 1.53 bits per heavy atom. The summed E-state index contributed by atoms with van der Waals surface area (Å²) in [5.41, 5.74) is 7.21. The van der Waals surface area contributed by atoms with Gasteiger partial charge in [-0.25, -0.2) is 0 Å². The van der Waals surface area contributed by atoms with Crippen molar-refractivity contribution < 1.29 is 4.74 Å². The van der Waals surface area contributed by atoms with Gasteiger partial charge < -0.3 is 10.5 Å². The van der Waals surface area contributed by atoms with Crippen LogP contribution in [0.1, 0.15) is 18.5 Å². The third kappa shape index (κ3) is 3.07. The zero-order valence-electron chi connectivity index (χ0n) is 10.1. The first kappa shape index (κ1) is 13.0. The molecular formula is C13H19BrN2O. The van der Waals surface area contributed by atoms with Crippen molar-refractivity contribution in [2.45, 2.75) is 19.1 Å². The molecule has 2 unspecified atom stereocenters. The van der Waals surface area contributed by atoms with Crippen LogP contribution in [0.25, 0.3) is 0 Å². The molecule has 2 N–H and O–H groups in total. The van der Waals surface area contributed by atoms with Gasteiger partial charge >= 0.3 is 0 Å². The van der Waals surface area contributed by atoms with Crippen LogP contribution >= 0.6 is 15.9 Å². The summed E-state index contributed by atoms with van der Waals surface area (Å²) in [6.45, 7) is 5.44. The molecule has 0 spiro atoms. The molecule has 2 rings (SSSR count). The number of rotatable bonds is 3. The summed E-state index contributed by atoms with van der Waals surface area (Å²) in [4.78, 5) is 2.41. The van der Waals surface area contributed by atoms with Crippen molar-refractivity contribution in [2.24, 2.45) is 5.73 Å². The highest BCUT2D eigenvalue weighted by atomic mass is 79.9. The molecule has 0 saturated carbocycles. The molecule has 2 atom stereocenters. The largest absolute Gasteiger partial charge is 0.376 e. The number of nitrogens with zero attached hydrogens (tertiary/aromatic N) is 1. The first-order chi connectivity index (χ1) is 8.22. The van der Waals surface area contributed by atoms with Crippen LogP contribution in [-0.4, -0.2) is 37.2 Å². The van der Waals surface area contributed by atoms with Crippen molar-refractivity contribution in [1.82, 2.24) is 4.90 Å². The molecule has 0 bridgehead atoms. The van der Waals surface area contributed by atoms with Crippen LogP contribution in [0.4, 0.5) is 0 Å². The Hall–Kier alpha value is -0.420. The van der Waals surface area contributed by atoms with Gasteiger partial charge in [-0.05, 0) is 18.6 Å². The van der Waals surface area contributed by atoms with Gasteiger partial charge in [0.05, 0.1) is 12.7 Å². The Kier molecular flexibility index (Phi) is 4.56. The first-order valence-corrected chi connectivity index (χ1v) is 6.82. The summed E-state index contributed by atoms with van der Waals surface area (Å²) in [6, 6.07) is 8.58. The topological polar surface area (TPSA) is 38.5 Å². The summed E-state index contributed by atoms with van der Waals surface area (Å²) in [5, 5.41) is 0. The van der Waals surface area contributed by atoms with Crippen molar-refractivity contribution in [2.75, 3.05) is 26.2 Å². The molecule has 0 aliphatic carbocycles. The molecule has 1 heterocycles. The third-order valence-corrected chi connectivity index (χ3v) is 3.92. The molecule has 1 fully saturated rings. The van der Waals surface area contributed by atoms with E-state index < -0.39 is 0 Å². The molecule has 3 nitrogen and oxygen atoms in total. The zero-order valence-corrected chi connectivity index (χ0v) is 11.7. The van der Waals surface area contributed by atoms with Crippen LogP contribution in [0, 0.1) is 0 Å². The maximum atomic E-state index is 5.95. The molecule has 0 radical (unpaired) electrons. The van der Waals surface area contributed by atoms with Gasteiger partial charge in [0.25, 0.3) is 0 Å². The fourth-order valence-corrected chi connectivity index (χ4v) is 2.90. The van der Waals surface area contributed by atoms with Gasteiger partial charge in [0, 0.05) is 30.1 Å². The highest BCUT2D eigenvalue weighted by Crippen LogP contribution is 2.28. The summed E-state index contributed by atoms with van der Waals surface area (Å²) < 4.78 is 6.71. The van der Waals surface area contributed by atoms with Crippen LogP contribution in [0.5, 0.6) is 0 Å². The Labute approximate surface area is 111 Å². The van der Waals surface area contributed by atoms with Crippen molar-refractivity contribution in [3.8, 4) is 0 Å². The second-order valence-electron chi connectivity index (χ2n) is 4.45. The monoisotopic (exact) mass is 298 g/mol. The van der Waals surface area contributed by atoms with Crippen LogP contribution < -0.4 is 5.73 Å². The van der Waals surface area contributed by atoms with E-state index in [2.05, 4.69) is 46.0 Å². The van der Waals surface area contributed by atoms with E-state index in [0.717, 1.165) is 24.2 Å². The summed E-state index contributed by atoms with van der Waals surface area (Å²) in [6.07, 6.45) is 0.292. The zero-order chi connectivity index (χ0) is 12.3. The van der Waals surface area contributed by atoms with E-state index in [1.165, 1.54) is 5.56 Å². The number of benzene rings is 1. The minimum Gasteiger partial charge on any atom is -0.376 e. The van der Waals surface area contributed by atoms with Crippen LogP contribution in [-0.2, 0) is 4.74 Å². The molecular weight excluding hydrogens is 280 g/mol. The molecule has 1 aromatic rings. The van der Waals surface area contributed by atoms with Crippen LogP contribution in [0.2, 0.25) is 0 Å². The van der Waals surface area contributed by atoms with Crippen molar-refractivity contribution >= 4 is 15.9 Å². The Morgan fingerprint density at radius 2 is 2.29 bits per heavy atom. The Bertz CT molecular complexity index is 372. The maximum absolute atomic E-state index is 5.95. The minimum atomic E-state index is 0.275. The Morgan fingerprint density at radius 3 is 2.94 bits per heavy atom. The quantitative estimate of drug-likeness (QED) is 0.929. The fourth-order valence-electron chi connectivity index (χ4n) is 2.35. The highest BCUT2D eigenvalue weighted by molar-refractivity contribution is 9.10. The number of hydrogen-bond acceptors (Lipinski definition) is 3. The standard InChI is InChI=1S/C13H19BrN2O/c1-10-9-16(6-7-17-10)13(8-15)11-4-2-3-5-12(11)14/h2-5,10,13H,6-9,15H2,1H3. The van der Waals surface area contributed by atoms with E-state index in [1.807, 2.05) is 6.07 Å². The smallest absolute Gasteiger partial charge is 0.0674 e. The molecule has 1 saturated heterocycles. The van der Waals surface area contributed by atoms with Gasteiger partial charge in [-0.3, -0.25) is 4.90 Å². The van der Waals surface area contributed by atoms with Gasteiger partial charge in [0.2, 0.25) is 0 Å². The van der Waals surface area contributed by atoms with Crippen LogP contribution in [0.15, 0.2) is 28.7 Å². The minimum absolute atomic E-state index is 0.275. The number of nitrogens with two attached hydrogens (primary N) is 1. The molecule has 4 heteroatoms. The lowest BCUT2D eigenvalue weighted by molar-refractivity contribution is -0.0333. The second kappa shape index (κ2) is 5.96.